The zero-order valence-corrected chi connectivity index (χ0v) is 10.6. The fraction of sp³-hybridized carbons (Fsp3) is 0.900. The fourth-order valence-corrected chi connectivity index (χ4v) is 4.72. The Morgan fingerprint density at radius 3 is 2.65 bits per heavy atom. The van der Waals surface area contributed by atoms with Gasteiger partial charge in [-0.1, -0.05) is 0 Å². The molecule has 0 spiro atoms. The molecule has 2 atom stereocenters. The van der Waals surface area contributed by atoms with E-state index < -0.39 is 27.2 Å². The molecule has 1 amide bonds. The molecule has 17 heavy (non-hydrogen) atoms. The normalized spacial score (nSPS) is 31.5. The Bertz CT molecular complexity index is 390. The standard InChI is InChI=1S/C10H19N3O3S/c11-10(14)9-4-2-6-13(9)17(15,16)8-3-1-5-12-7-8/h8-9,12H,1-7H2,(H2,11,14). The average Bonchev–Trinajstić information content (AvgIpc) is 2.80. The van der Waals surface area contributed by atoms with E-state index in [0.29, 0.717) is 32.4 Å². The quantitative estimate of drug-likeness (QED) is 0.683. The summed E-state index contributed by atoms with van der Waals surface area (Å²) in [4.78, 5) is 11.2. The van der Waals surface area contributed by atoms with Gasteiger partial charge in [0.2, 0.25) is 15.9 Å². The molecular weight excluding hydrogens is 242 g/mol. The van der Waals surface area contributed by atoms with E-state index in [1.165, 1.54) is 4.31 Å². The van der Waals surface area contributed by atoms with E-state index in [4.69, 9.17) is 5.73 Å². The van der Waals surface area contributed by atoms with Crippen LogP contribution in [0.5, 0.6) is 0 Å². The number of nitrogens with zero attached hydrogens (tertiary/aromatic N) is 1. The molecular formula is C10H19N3O3S. The Morgan fingerprint density at radius 1 is 1.29 bits per heavy atom. The minimum absolute atomic E-state index is 0.406. The van der Waals surface area contributed by atoms with Gasteiger partial charge in [-0.05, 0) is 32.2 Å². The van der Waals surface area contributed by atoms with Crippen LogP contribution in [0.1, 0.15) is 25.7 Å². The SMILES string of the molecule is NC(=O)C1CCCN1S(=O)(=O)C1CCCNC1. The number of piperidine rings is 1. The number of carbonyl (C=O) groups is 1. The molecule has 0 aliphatic carbocycles. The molecule has 0 aromatic heterocycles. The van der Waals surface area contributed by atoms with Crippen LogP contribution in [0.15, 0.2) is 0 Å². The lowest BCUT2D eigenvalue weighted by Crippen LogP contribution is -2.50. The Hall–Kier alpha value is -0.660. The number of carbonyl (C=O) groups excluding carboxylic acids is 1. The predicted octanol–water partition coefficient (Wildman–Crippen LogP) is -0.982. The molecule has 0 aromatic rings. The molecule has 2 aliphatic heterocycles. The van der Waals surface area contributed by atoms with E-state index in [-0.39, 0.29) is 0 Å². The van der Waals surface area contributed by atoms with Crippen LogP contribution >= 0.6 is 0 Å². The summed E-state index contributed by atoms with van der Waals surface area (Å²) < 4.78 is 26.1. The molecule has 6 nitrogen and oxygen atoms in total. The third kappa shape index (κ3) is 2.46. The van der Waals surface area contributed by atoms with E-state index in [2.05, 4.69) is 5.32 Å². The van der Waals surface area contributed by atoms with Gasteiger partial charge in [0.1, 0.15) is 6.04 Å². The highest BCUT2D eigenvalue weighted by atomic mass is 32.2. The molecule has 2 fully saturated rings. The number of hydrogen-bond donors (Lipinski definition) is 2. The molecule has 2 unspecified atom stereocenters. The van der Waals surface area contributed by atoms with Crippen molar-refractivity contribution < 1.29 is 13.2 Å². The summed E-state index contributed by atoms with van der Waals surface area (Å²) in [6.07, 6.45) is 2.79. The lowest BCUT2D eigenvalue weighted by Gasteiger charge is -2.29. The molecule has 7 heteroatoms. The Balaban J connectivity index is 2.16. The van der Waals surface area contributed by atoms with Crippen LogP contribution in [0.4, 0.5) is 0 Å². The number of amides is 1. The lowest BCUT2D eigenvalue weighted by molar-refractivity contribution is -0.121. The van der Waals surface area contributed by atoms with Crippen LogP contribution in [0.2, 0.25) is 0 Å². The minimum Gasteiger partial charge on any atom is -0.368 e. The van der Waals surface area contributed by atoms with Crippen molar-refractivity contribution in [3.63, 3.8) is 0 Å². The van der Waals surface area contributed by atoms with Gasteiger partial charge >= 0.3 is 0 Å². The third-order valence-electron chi connectivity index (χ3n) is 3.53. The minimum atomic E-state index is -3.39. The lowest BCUT2D eigenvalue weighted by atomic mass is 10.2. The summed E-state index contributed by atoms with van der Waals surface area (Å²) >= 11 is 0. The molecule has 2 saturated heterocycles. The monoisotopic (exact) mass is 261 g/mol. The first-order valence-electron chi connectivity index (χ1n) is 6.04. The third-order valence-corrected chi connectivity index (χ3v) is 5.87. The van der Waals surface area contributed by atoms with Crippen molar-refractivity contribution in [2.45, 2.75) is 37.0 Å². The van der Waals surface area contributed by atoms with Gasteiger partial charge in [-0.2, -0.15) is 4.31 Å². The second-order valence-electron chi connectivity index (χ2n) is 4.68. The van der Waals surface area contributed by atoms with Crippen molar-refractivity contribution in [3.05, 3.63) is 0 Å². The molecule has 3 N–H and O–H groups in total. The first kappa shape index (κ1) is 12.8. The maximum Gasteiger partial charge on any atom is 0.235 e. The van der Waals surface area contributed by atoms with E-state index >= 15 is 0 Å². The second kappa shape index (κ2) is 4.91. The molecule has 2 aliphatic rings. The maximum absolute atomic E-state index is 12.4. The summed E-state index contributed by atoms with van der Waals surface area (Å²) in [5.74, 6) is -0.533. The van der Waals surface area contributed by atoms with Gasteiger partial charge in [-0.3, -0.25) is 4.79 Å². The van der Waals surface area contributed by atoms with Crippen molar-refractivity contribution in [1.29, 1.82) is 0 Å². The first-order chi connectivity index (χ1) is 8.03. The van der Waals surface area contributed by atoms with Gasteiger partial charge in [0.25, 0.3) is 0 Å². The summed E-state index contributed by atoms with van der Waals surface area (Å²) in [7, 11) is -3.39. The molecule has 0 bridgehead atoms. The first-order valence-corrected chi connectivity index (χ1v) is 7.54. The van der Waals surface area contributed by atoms with Crippen LogP contribution in [-0.2, 0) is 14.8 Å². The average molecular weight is 261 g/mol. The van der Waals surface area contributed by atoms with Crippen LogP contribution in [0.25, 0.3) is 0 Å². The summed E-state index contributed by atoms with van der Waals surface area (Å²) in [6, 6.07) is -0.637. The van der Waals surface area contributed by atoms with Gasteiger partial charge < -0.3 is 11.1 Å². The molecule has 0 aromatic carbocycles. The van der Waals surface area contributed by atoms with Crippen LogP contribution in [0.3, 0.4) is 0 Å². The van der Waals surface area contributed by atoms with Crippen LogP contribution in [-0.4, -0.2) is 49.6 Å². The number of hydrogen-bond acceptors (Lipinski definition) is 4. The zero-order valence-electron chi connectivity index (χ0n) is 9.76. The van der Waals surface area contributed by atoms with E-state index in [9.17, 15) is 13.2 Å². The highest BCUT2D eigenvalue weighted by Gasteiger charge is 2.41. The van der Waals surface area contributed by atoms with Crippen molar-refractivity contribution in [2.24, 2.45) is 5.73 Å². The highest BCUT2D eigenvalue weighted by Crippen LogP contribution is 2.25. The zero-order chi connectivity index (χ0) is 12.5. The fourth-order valence-electron chi connectivity index (χ4n) is 2.59. The van der Waals surface area contributed by atoms with Crippen molar-refractivity contribution in [2.75, 3.05) is 19.6 Å². The van der Waals surface area contributed by atoms with E-state index in [1.807, 2.05) is 0 Å². The maximum atomic E-state index is 12.4. The number of rotatable bonds is 3. The highest BCUT2D eigenvalue weighted by molar-refractivity contribution is 7.89. The van der Waals surface area contributed by atoms with Gasteiger partial charge in [0.15, 0.2) is 0 Å². The van der Waals surface area contributed by atoms with Crippen LogP contribution in [0, 0.1) is 0 Å². The number of primary amides is 1. The summed E-state index contributed by atoms with van der Waals surface area (Å²) in [6.45, 7) is 1.77. The van der Waals surface area contributed by atoms with Gasteiger partial charge in [0.05, 0.1) is 5.25 Å². The summed E-state index contributed by atoms with van der Waals surface area (Å²) in [5.41, 5.74) is 5.25. The Kier molecular flexibility index (Phi) is 3.70. The molecule has 0 radical (unpaired) electrons. The molecule has 2 heterocycles. The Morgan fingerprint density at radius 2 is 2.06 bits per heavy atom. The van der Waals surface area contributed by atoms with Crippen molar-refractivity contribution in [3.8, 4) is 0 Å². The number of sulfonamides is 1. The number of nitrogens with two attached hydrogens (primary N) is 1. The van der Waals surface area contributed by atoms with E-state index in [0.717, 1.165) is 13.0 Å². The van der Waals surface area contributed by atoms with Crippen molar-refractivity contribution >= 4 is 15.9 Å². The van der Waals surface area contributed by atoms with Gasteiger partial charge in [-0.25, -0.2) is 8.42 Å². The second-order valence-corrected chi connectivity index (χ2v) is 6.85. The predicted molar refractivity (Wildman–Crippen MR) is 63.7 cm³/mol. The van der Waals surface area contributed by atoms with Gasteiger partial charge in [-0.15, -0.1) is 0 Å². The molecule has 0 saturated carbocycles. The summed E-state index contributed by atoms with van der Waals surface area (Å²) in [5, 5.41) is 2.68. The number of nitrogens with one attached hydrogen (secondary N) is 1. The van der Waals surface area contributed by atoms with Crippen LogP contribution < -0.4 is 11.1 Å². The molecule has 98 valence electrons. The molecule has 2 rings (SSSR count). The topological polar surface area (TPSA) is 92.5 Å². The van der Waals surface area contributed by atoms with Gasteiger partial charge in [0, 0.05) is 13.1 Å². The van der Waals surface area contributed by atoms with E-state index in [1.54, 1.807) is 0 Å². The smallest absolute Gasteiger partial charge is 0.235 e. The Labute approximate surface area is 102 Å². The largest absolute Gasteiger partial charge is 0.368 e. The van der Waals surface area contributed by atoms with Crippen molar-refractivity contribution in [1.82, 2.24) is 9.62 Å².